The van der Waals surface area contributed by atoms with Gasteiger partial charge >= 0.3 is 11.9 Å². The first kappa shape index (κ1) is 75.7. The van der Waals surface area contributed by atoms with Crippen LogP contribution >= 0.6 is 0 Å². The number of amides is 9. The summed E-state index contributed by atoms with van der Waals surface area (Å²) in [6, 6.07) is 20.3. The van der Waals surface area contributed by atoms with Crippen LogP contribution in [0.2, 0.25) is 0 Å². The smallest absolute Gasteiger partial charge is 0.305 e. The number of aromatic amines is 1. The van der Waals surface area contributed by atoms with Crippen LogP contribution in [-0.2, 0) is 70.8 Å². The van der Waals surface area contributed by atoms with E-state index < -0.39 is 163 Å². The number of ether oxygens (including phenoxy) is 1. The number of carbonyl (C=O) groups is 11. The van der Waals surface area contributed by atoms with E-state index in [9.17, 15) is 86.0 Å². The number of benzene rings is 5. The number of aliphatic hydroxyl groups is 2. The van der Waals surface area contributed by atoms with Crippen molar-refractivity contribution in [1.29, 1.82) is 0 Å². The molecule has 6 atom stereocenters. The Balaban J connectivity index is 1.07. The molecule has 1 heterocycles. The van der Waals surface area contributed by atoms with Crippen LogP contribution in [0.1, 0.15) is 98.5 Å². The first-order valence-electron chi connectivity index (χ1n) is 31.2. The van der Waals surface area contributed by atoms with Crippen molar-refractivity contribution >= 4 is 96.8 Å². The summed E-state index contributed by atoms with van der Waals surface area (Å²) in [5.74, 6) is -11.2. The Kier molecular flexibility index (Phi) is 29.4. The van der Waals surface area contributed by atoms with Crippen molar-refractivity contribution < 1.29 is 90.7 Å². The molecule has 0 spiro atoms. The van der Waals surface area contributed by atoms with E-state index in [2.05, 4.69) is 47.5 Å². The van der Waals surface area contributed by atoms with Crippen molar-refractivity contribution in [3.05, 3.63) is 144 Å². The van der Waals surface area contributed by atoms with E-state index >= 15 is 0 Å². The molecule has 1 aromatic heterocycles. The number of methoxy groups -OCH3 is 1. The molecule has 520 valence electrons. The van der Waals surface area contributed by atoms with Gasteiger partial charge in [0.2, 0.25) is 57.3 Å². The molecule has 0 radical (unpaired) electrons. The van der Waals surface area contributed by atoms with Gasteiger partial charge in [0.25, 0.3) is 5.91 Å². The minimum absolute atomic E-state index is 0.00757. The monoisotopic (exact) mass is 1370 g/mol. The van der Waals surface area contributed by atoms with E-state index in [1.807, 2.05) is 35.1 Å². The lowest BCUT2D eigenvalue weighted by Crippen LogP contribution is -2.58. The highest BCUT2D eigenvalue weighted by Gasteiger charge is 2.34. The number of carbonyl (C=O) groups excluding carboxylic acids is 9. The van der Waals surface area contributed by atoms with Gasteiger partial charge in [-0.05, 0) is 121 Å². The van der Waals surface area contributed by atoms with Crippen molar-refractivity contribution in [2.24, 2.45) is 5.73 Å². The summed E-state index contributed by atoms with van der Waals surface area (Å²) in [6.07, 6.45) is -2.15. The van der Waals surface area contributed by atoms with Gasteiger partial charge in [-0.2, -0.15) is 4.72 Å². The summed E-state index contributed by atoms with van der Waals surface area (Å²) in [5.41, 5.74) is 7.40. The largest absolute Gasteiger partial charge is 0.497 e. The Morgan fingerprint density at radius 3 is 1.87 bits per heavy atom. The Morgan fingerprint density at radius 2 is 1.19 bits per heavy atom. The number of nitrogens with two attached hydrogens (primary N) is 1. The zero-order valence-corrected chi connectivity index (χ0v) is 53.8. The standard InChI is InChI=1S/C66H80FN11O18S/c1-96-45-22-24-46(25-23-45)97(94,95)78-54(36-59(85)86)66(93)76-51(27-29-58(83)84)63(90)72-38-56(80)74-52(33-39-12-11-15-44(67)32-39)64(91)77-53(35-43-37-71-48-17-7-6-16-47(43)48)65(92)75-50(26-28-57(81)82)62(89)70-30-9-2-3-19-55(79)73-49(60(68)87)18-8-10-31-69-61(88)42-21-20-40-13-4-5-14-41(40)34-42/h4-7,11-17,20-25,32,34,37,49-54,58,71,78,83-84H,2-3,8-10,18-19,26-31,33,35-36,38H2,1H3,(H2,68,87)(H,69,88)(H,70,89)(H,72,90)(H,73,79)(H,74,80)(H,75,92)(H,76,93)(H,77,91)(H,81,82)(H,85,86). The molecule has 16 N–H and O–H groups in total. The number of aromatic nitrogens is 1. The highest BCUT2D eigenvalue weighted by Crippen LogP contribution is 2.21. The molecule has 0 aliphatic carbocycles. The van der Waals surface area contributed by atoms with Gasteiger partial charge in [-0.15, -0.1) is 0 Å². The topological polar surface area (TPSA) is 462 Å². The molecule has 0 aliphatic heterocycles. The molecular formula is C66H80FN11O18S. The second-order valence-corrected chi connectivity index (χ2v) is 24.5. The van der Waals surface area contributed by atoms with Crippen molar-refractivity contribution in [2.75, 3.05) is 26.7 Å². The fraction of sp³-hybridized carbons (Fsp3) is 0.379. The van der Waals surface area contributed by atoms with Gasteiger partial charge in [-0.3, -0.25) is 52.7 Å². The number of rotatable bonds is 41. The molecule has 0 bridgehead atoms. The average Bonchev–Trinajstić information content (AvgIpc) is 1.85. The number of aliphatic hydroxyl groups excluding tert-OH is 1. The number of halogens is 1. The molecule has 0 saturated heterocycles. The summed E-state index contributed by atoms with van der Waals surface area (Å²) in [5, 5.41) is 61.4. The van der Waals surface area contributed by atoms with E-state index in [1.54, 1.807) is 42.6 Å². The molecular weight excluding hydrogens is 1290 g/mol. The SMILES string of the molecule is COc1ccc(S(=O)(=O)NC(CC(=O)O)C(=O)NC(CCC(O)O)C(=O)NCC(=O)NC(Cc2cccc(F)c2)C(=O)NC(Cc2c[nH]c3ccccc23)C(=O)NC(CCC(=O)O)C(=O)NCCCCCC(=O)NC(CCCCNC(=O)c2ccc3ccccc3c2)C(N)=O)cc1. The number of hydrogen-bond acceptors (Lipinski definition) is 16. The van der Waals surface area contributed by atoms with Gasteiger partial charge in [0.1, 0.15) is 47.8 Å². The zero-order valence-electron chi connectivity index (χ0n) is 53.0. The maximum absolute atomic E-state index is 14.6. The second-order valence-electron chi connectivity index (χ2n) is 22.8. The number of para-hydroxylation sites is 1. The maximum Gasteiger partial charge on any atom is 0.305 e. The van der Waals surface area contributed by atoms with E-state index in [-0.39, 0.29) is 47.9 Å². The normalized spacial score (nSPS) is 13.2. The number of aliphatic carboxylic acids is 2. The molecule has 0 aliphatic rings. The van der Waals surface area contributed by atoms with Crippen LogP contribution in [0.4, 0.5) is 4.39 Å². The third-order valence-electron chi connectivity index (χ3n) is 15.4. The van der Waals surface area contributed by atoms with Crippen molar-refractivity contribution in [1.82, 2.24) is 52.2 Å². The molecule has 5 aromatic carbocycles. The number of H-pyrrole nitrogens is 1. The number of carboxylic acid groups (broad SMARTS) is 2. The number of carboxylic acids is 2. The zero-order chi connectivity index (χ0) is 70.6. The maximum atomic E-state index is 14.6. The lowest BCUT2D eigenvalue weighted by molar-refractivity contribution is -0.140. The van der Waals surface area contributed by atoms with E-state index in [0.29, 0.717) is 60.7 Å². The van der Waals surface area contributed by atoms with Gasteiger partial charge in [0.05, 0.1) is 25.0 Å². The van der Waals surface area contributed by atoms with Crippen LogP contribution < -0.4 is 57.7 Å². The molecule has 6 aromatic rings. The number of primary amides is 1. The Bertz CT molecular complexity index is 3870. The van der Waals surface area contributed by atoms with Crippen LogP contribution in [0.5, 0.6) is 5.75 Å². The van der Waals surface area contributed by atoms with E-state index in [4.69, 9.17) is 10.5 Å². The predicted octanol–water partition coefficient (Wildman–Crippen LogP) is 1.33. The van der Waals surface area contributed by atoms with Gasteiger partial charge in [0, 0.05) is 67.9 Å². The Morgan fingerprint density at radius 1 is 0.557 bits per heavy atom. The lowest BCUT2D eigenvalue weighted by Gasteiger charge is -2.26. The number of hydrogen-bond donors (Lipinski definition) is 15. The summed E-state index contributed by atoms with van der Waals surface area (Å²) in [4.78, 5) is 148. The van der Waals surface area contributed by atoms with Gasteiger partial charge < -0.3 is 78.4 Å². The summed E-state index contributed by atoms with van der Waals surface area (Å²) in [6.45, 7) is -0.620. The summed E-state index contributed by atoms with van der Waals surface area (Å²) < 4.78 is 48.2. The fourth-order valence-corrected chi connectivity index (χ4v) is 11.5. The third-order valence-corrected chi connectivity index (χ3v) is 16.9. The van der Waals surface area contributed by atoms with Crippen LogP contribution in [-0.4, -0.2) is 168 Å². The summed E-state index contributed by atoms with van der Waals surface area (Å²) >= 11 is 0. The van der Waals surface area contributed by atoms with Crippen molar-refractivity contribution in [2.45, 2.75) is 137 Å². The minimum atomic E-state index is -4.59. The molecule has 9 amide bonds. The fourth-order valence-electron chi connectivity index (χ4n) is 10.3. The average molecular weight is 1370 g/mol. The highest BCUT2D eigenvalue weighted by atomic mass is 32.2. The molecule has 0 fully saturated rings. The van der Waals surface area contributed by atoms with E-state index in [1.165, 1.54) is 31.4 Å². The van der Waals surface area contributed by atoms with Gasteiger partial charge in [-0.1, -0.05) is 67.1 Å². The number of sulfonamides is 1. The number of unbranched alkanes of at least 4 members (excludes halogenated alkanes) is 3. The first-order valence-corrected chi connectivity index (χ1v) is 32.6. The van der Waals surface area contributed by atoms with Crippen LogP contribution in [0, 0.1) is 5.82 Å². The highest BCUT2D eigenvalue weighted by molar-refractivity contribution is 7.89. The molecule has 97 heavy (non-hydrogen) atoms. The van der Waals surface area contributed by atoms with Crippen LogP contribution in [0.15, 0.2) is 126 Å². The summed E-state index contributed by atoms with van der Waals surface area (Å²) in [7, 11) is -3.26. The molecule has 0 saturated carbocycles. The lowest BCUT2D eigenvalue weighted by atomic mass is 10.0. The quantitative estimate of drug-likeness (QED) is 0.0190. The molecule has 6 rings (SSSR count). The third kappa shape index (κ3) is 25.0. The van der Waals surface area contributed by atoms with Crippen molar-refractivity contribution in [3.63, 3.8) is 0 Å². The van der Waals surface area contributed by atoms with Crippen LogP contribution in [0.3, 0.4) is 0 Å². The second kappa shape index (κ2) is 37.7. The Labute approximate surface area is 557 Å². The predicted molar refractivity (Wildman–Crippen MR) is 349 cm³/mol. The minimum Gasteiger partial charge on any atom is -0.497 e. The number of nitrogens with one attached hydrogen (secondary N) is 10. The van der Waals surface area contributed by atoms with Gasteiger partial charge in [0.15, 0.2) is 6.29 Å². The first-order chi connectivity index (χ1) is 46.3. The van der Waals surface area contributed by atoms with Gasteiger partial charge in [-0.25, -0.2) is 12.8 Å². The number of fused-ring (bicyclic) bond motifs is 2. The molecule has 29 nitrogen and oxygen atoms in total. The van der Waals surface area contributed by atoms with E-state index in [0.717, 1.165) is 35.0 Å². The Hall–Kier alpha value is -10.4. The van der Waals surface area contributed by atoms with Crippen LogP contribution in [0.25, 0.3) is 21.7 Å². The molecule has 6 unspecified atom stereocenters. The van der Waals surface area contributed by atoms with Crippen molar-refractivity contribution in [3.8, 4) is 5.75 Å². The molecule has 31 heteroatoms.